The molecule has 1 unspecified atom stereocenters. The highest BCUT2D eigenvalue weighted by molar-refractivity contribution is 6.98. The minimum absolute atomic E-state index is 0.0542. The molecule has 1 atom stereocenters. The lowest BCUT2D eigenvalue weighted by Gasteiger charge is -2.39. The number of nitrogens with one attached hydrogen (secondary N) is 1. The van der Waals surface area contributed by atoms with Crippen LogP contribution in [0.15, 0.2) is 246 Å². The summed E-state index contributed by atoms with van der Waals surface area (Å²) in [6.45, 7) is 0.0542. The van der Waals surface area contributed by atoms with E-state index in [1.54, 1.807) is 0 Å². The van der Waals surface area contributed by atoms with Crippen molar-refractivity contribution in [2.45, 2.75) is 31.8 Å². The Balaban J connectivity index is 1.07. The number of aliphatic imine (C=N–C) groups is 2. The van der Waals surface area contributed by atoms with Gasteiger partial charge in [0.1, 0.15) is 12.0 Å². The quantitative estimate of drug-likeness (QED) is 0.155. The van der Waals surface area contributed by atoms with Crippen molar-refractivity contribution < 1.29 is 0 Å². The van der Waals surface area contributed by atoms with E-state index >= 15 is 0 Å². The fraction of sp³-hybridized carbons (Fsp3) is 0.0794. The number of para-hydroxylation sites is 6. The molecule has 3 aliphatic heterocycles. The first-order valence-electron chi connectivity index (χ1n) is 24.7. The minimum atomic E-state index is -0.352. The summed E-state index contributed by atoms with van der Waals surface area (Å²) >= 11 is 0. The second-order valence-corrected chi connectivity index (χ2v) is 18.6. The lowest BCUT2D eigenvalue weighted by Crippen LogP contribution is -2.57. The van der Waals surface area contributed by atoms with Crippen molar-refractivity contribution in [3.8, 4) is 11.1 Å². The molecule has 8 aromatic rings. The van der Waals surface area contributed by atoms with Crippen LogP contribution in [-0.2, 0) is 0 Å². The molecule has 0 fully saturated rings. The van der Waals surface area contributed by atoms with Gasteiger partial charge in [-0.3, -0.25) is 0 Å². The molecule has 2 aliphatic carbocycles. The molecular formula is C63H49B2N5. The normalized spacial score (nSPS) is 16.6. The Hall–Kier alpha value is -8.41. The van der Waals surface area contributed by atoms with Crippen molar-refractivity contribution in [3.63, 3.8) is 0 Å². The predicted molar refractivity (Wildman–Crippen MR) is 298 cm³/mol. The van der Waals surface area contributed by atoms with Crippen LogP contribution >= 0.6 is 0 Å². The zero-order valence-corrected chi connectivity index (χ0v) is 38.9. The van der Waals surface area contributed by atoms with Gasteiger partial charge in [-0.05, 0) is 89.7 Å². The van der Waals surface area contributed by atoms with E-state index in [-0.39, 0.29) is 12.9 Å². The maximum atomic E-state index is 5.81. The Kier molecular flexibility index (Phi) is 10.7. The number of anilines is 6. The van der Waals surface area contributed by atoms with Crippen LogP contribution in [0.5, 0.6) is 0 Å². The summed E-state index contributed by atoms with van der Waals surface area (Å²) in [5.41, 5.74) is 21.0. The van der Waals surface area contributed by atoms with Crippen LogP contribution in [-0.4, -0.2) is 31.8 Å². The Labute approximate surface area is 411 Å². The van der Waals surface area contributed by atoms with Gasteiger partial charge >= 0.3 is 0 Å². The molecule has 0 spiro atoms. The van der Waals surface area contributed by atoms with Crippen LogP contribution in [0.3, 0.4) is 0 Å². The van der Waals surface area contributed by atoms with E-state index < -0.39 is 0 Å². The lowest BCUT2D eigenvalue weighted by atomic mass is 9.35. The van der Waals surface area contributed by atoms with E-state index in [0.29, 0.717) is 5.84 Å². The second kappa shape index (κ2) is 17.9. The third-order valence-corrected chi connectivity index (χ3v) is 14.5. The zero-order chi connectivity index (χ0) is 46.4. The average molecular weight is 898 g/mol. The van der Waals surface area contributed by atoms with Gasteiger partial charge in [0, 0.05) is 45.0 Å². The van der Waals surface area contributed by atoms with Crippen LogP contribution in [0, 0.1) is 0 Å². The van der Waals surface area contributed by atoms with Gasteiger partial charge in [0.05, 0.1) is 11.4 Å². The first kappa shape index (κ1) is 41.8. The van der Waals surface area contributed by atoms with Gasteiger partial charge in [0.2, 0.25) is 6.71 Å². The number of allylic oxidation sites excluding steroid dienone is 7. The lowest BCUT2D eigenvalue weighted by molar-refractivity contribution is 0.677. The van der Waals surface area contributed by atoms with Gasteiger partial charge < -0.3 is 15.1 Å². The van der Waals surface area contributed by atoms with E-state index in [9.17, 15) is 0 Å². The molecule has 3 heterocycles. The molecule has 0 amide bonds. The predicted octanol–water partition coefficient (Wildman–Crippen LogP) is 11.0. The summed E-state index contributed by atoms with van der Waals surface area (Å²) in [5, 5.41) is 3.98. The van der Waals surface area contributed by atoms with Crippen LogP contribution < -0.4 is 42.4 Å². The maximum Gasteiger partial charge on any atom is 0.246 e. The van der Waals surface area contributed by atoms with Gasteiger partial charge in [0.25, 0.3) is 0 Å². The fourth-order valence-corrected chi connectivity index (χ4v) is 11.3. The summed E-state index contributed by atoms with van der Waals surface area (Å²) < 4.78 is 0. The summed E-state index contributed by atoms with van der Waals surface area (Å²) in [4.78, 5) is 16.5. The molecule has 0 saturated carbocycles. The van der Waals surface area contributed by atoms with Gasteiger partial charge in [-0.2, -0.15) is 0 Å². The fourth-order valence-electron chi connectivity index (χ4n) is 11.3. The Morgan fingerprint density at radius 1 is 0.514 bits per heavy atom. The van der Waals surface area contributed by atoms with Gasteiger partial charge in [0.15, 0.2) is 13.1 Å². The highest BCUT2D eigenvalue weighted by atomic mass is 15.2. The van der Waals surface area contributed by atoms with Crippen molar-refractivity contribution in [2.75, 3.05) is 9.80 Å². The SMILES string of the molecule is B1c2ccccc2N(c2c(C3=CCCC=C3)cccc2C2=NC(c3cccc(-c4ccccc4)c3N3c4ccccc4B(c4ccccc4)c4ccccc43)=NC(C3=CC=CCC3)N2)c2ccccc21. The molecule has 0 saturated heterocycles. The monoisotopic (exact) mass is 897 g/mol. The topological polar surface area (TPSA) is 43.2 Å². The number of rotatable bonds is 8. The first-order chi connectivity index (χ1) is 34.8. The second-order valence-electron chi connectivity index (χ2n) is 18.6. The van der Waals surface area contributed by atoms with E-state index in [2.05, 4.69) is 246 Å². The van der Waals surface area contributed by atoms with Crippen molar-refractivity contribution in [2.24, 2.45) is 9.98 Å². The number of hydrogen-bond donors (Lipinski definition) is 1. The Morgan fingerprint density at radius 2 is 1.10 bits per heavy atom. The molecule has 13 rings (SSSR count). The van der Waals surface area contributed by atoms with Crippen LogP contribution in [0.4, 0.5) is 34.1 Å². The summed E-state index contributed by atoms with van der Waals surface area (Å²) in [6, 6.07) is 70.9. The van der Waals surface area contributed by atoms with Gasteiger partial charge in [-0.1, -0.05) is 211 Å². The van der Waals surface area contributed by atoms with Crippen LogP contribution in [0.25, 0.3) is 16.7 Å². The molecule has 1 N–H and O–H groups in total. The Bertz CT molecular complexity index is 3440. The number of nitrogens with zero attached hydrogens (tertiary/aromatic N) is 4. The number of hydrogen-bond acceptors (Lipinski definition) is 5. The summed E-state index contributed by atoms with van der Waals surface area (Å²) in [5.74, 6) is 1.48. The standard InChI is InChI=1S/C63H49B2N5/c1-5-23-43(24-6-1)47-31-21-33-49(59(47)69-55-39-17-13-35-51(55)64-52-36-14-18-40-56(52)69)62-66-61(45-27-9-3-10-28-45)67-63(68-62)50-34-22-32-48(44-25-7-2-8-26-44)60(50)70-57-41-19-15-37-53(57)65(46-29-11-4-12-30-46)54-38-16-20-42-58(54)70/h2-5,7-9,11-27,29-42,61,64H,1,6,10,28H2,(H,66,67,68). The van der Waals surface area contributed by atoms with E-state index in [1.807, 2.05) is 0 Å². The van der Waals surface area contributed by atoms with Crippen molar-refractivity contribution in [3.05, 3.63) is 253 Å². The highest BCUT2D eigenvalue weighted by Crippen LogP contribution is 2.46. The highest BCUT2D eigenvalue weighted by Gasteiger charge is 2.38. The summed E-state index contributed by atoms with van der Waals surface area (Å²) in [6.07, 6.45) is 17.2. The molecule has 0 radical (unpaired) electrons. The number of benzene rings is 8. The van der Waals surface area contributed by atoms with Crippen LogP contribution in [0.2, 0.25) is 0 Å². The minimum Gasteiger partial charge on any atom is -0.344 e. The van der Waals surface area contributed by atoms with E-state index in [4.69, 9.17) is 9.98 Å². The van der Waals surface area contributed by atoms with Gasteiger partial charge in [-0.25, -0.2) is 9.98 Å². The molecule has 332 valence electrons. The number of fused-ring (bicyclic) bond motifs is 4. The number of amidine groups is 2. The van der Waals surface area contributed by atoms with Crippen LogP contribution in [0.1, 0.15) is 42.4 Å². The van der Waals surface area contributed by atoms with E-state index in [1.165, 1.54) is 55.4 Å². The smallest absolute Gasteiger partial charge is 0.246 e. The van der Waals surface area contributed by atoms with Gasteiger partial charge in [-0.15, -0.1) is 0 Å². The first-order valence-corrected chi connectivity index (χ1v) is 24.7. The van der Waals surface area contributed by atoms with Crippen molar-refractivity contribution in [1.82, 2.24) is 5.32 Å². The van der Waals surface area contributed by atoms with Crippen molar-refractivity contribution >= 4 is 92.7 Å². The molecule has 8 aromatic carbocycles. The molecule has 70 heavy (non-hydrogen) atoms. The third-order valence-electron chi connectivity index (χ3n) is 14.5. The molecule has 0 aromatic heterocycles. The molecular weight excluding hydrogens is 848 g/mol. The molecule has 7 heteroatoms. The largest absolute Gasteiger partial charge is 0.344 e. The average Bonchev–Trinajstić information content (AvgIpc) is 3.44. The van der Waals surface area contributed by atoms with E-state index in [0.717, 1.165) is 83.8 Å². The van der Waals surface area contributed by atoms with Crippen molar-refractivity contribution in [1.29, 1.82) is 0 Å². The molecule has 5 aliphatic rings. The third kappa shape index (κ3) is 7.28. The molecule has 0 bridgehead atoms. The summed E-state index contributed by atoms with van der Waals surface area (Å²) in [7, 11) is 0.873. The Morgan fingerprint density at radius 3 is 1.77 bits per heavy atom. The molecule has 5 nitrogen and oxygen atoms in total. The maximum absolute atomic E-state index is 5.81. The zero-order valence-electron chi connectivity index (χ0n) is 38.9.